The molecule has 1 heterocycles. The summed E-state index contributed by atoms with van der Waals surface area (Å²) >= 11 is 13.5. The van der Waals surface area contributed by atoms with Gasteiger partial charge >= 0.3 is 0 Å². The van der Waals surface area contributed by atoms with Crippen molar-refractivity contribution in [1.82, 2.24) is 5.32 Å². The number of hydrogen-bond donors (Lipinski definition) is 1. The summed E-state index contributed by atoms with van der Waals surface area (Å²) < 4.78 is 5.53. The molecule has 2 rings (SSSR count). The van der Waals surface area contributed by atoms with Crippen LogP contribution in [0.1, 0.15) is 11.8 Å². The molecule has 2 aromatic rings. The summed E-state index contributed by atoms with van der Waals surface area (Å²) in [5.41, 5.74) is 0. The molecule has 1 amide bonds. The highest BCUT2D eigenvalue weighted by Crippen LogP contribution is 2.32. The fourth-order valence-electron chi connectivity index (χ4n) is 1.55. The maximum atomic E-state index is 11.9. The van der Waals surface area contributed by atoms with Gasteiger partial charge in [0.15, 0.2) is 6.10 Å². The van der Waals surface area contributed by atoms with Crippen LogP contribution >= 0.6 is 34.5 Å². The van der Waals surface area contributed by atoms with Crippen molar-refractivity contribution in [2.45, 2.75) is 19.6 Å². The number of benzene rings is 1. The van der Waals surface area contributed by atoms with Crippen LogP contribution in [0.4, 0.5) is 0 Å². The zero-order valence-corrected chi connectivity index (χ0v) is 13.1. The van der Waals surface area contributed by atoms with Gasteiger partial charge in [0.25, 0.3) is 5.91 Å². The SMILES string of the molecule is C[C@@H](Oc1cccc(Cl)c1Cl)C(=O)NCc1cccs1. The fraction of sp³-hybridized carbons (Fsp3) is 0.214. The topological polar surface area (TPSA) is 38.3 Å². The number of carbonyl (C=O) groups is 1. The zero-order chi connectivity index (χ0) is 14.5. The molecule has 1 aromatic heterocycles. The summed E-state index contributed by atoms with van der Waals surface area (Å²) in [6.45, 7) is 2.16. The Hall–Kier alpha value is -1.23. The van der Waals surface area contributed by atoms with Crippen molar-refractivity contribution in [2.75, 3.05) is 0 Å². The van der Waals surface area contributed by atoms with E-state index in [1.807, 2.05) is 17.5 Å². The minimum Gasteiger partial charge on any atom is -0.479 e. The third kappa shape index (κ3) is 3.88. The van der Waals surface area contributed by atoms with Crippen molar-refractivity contribution in [3.8, 4) is 5.75 Å². The maximum absolute atomic E-state index is 11.9. The molecule has 0 fully saturated rings. The molecule has 0 saturated heterocycles. The molecule has 0 unspecified atom stereocenters. The van der Waals surface area contributed by atoms with Crippen LogP contribution in [-0.2, 0) is 11.3 Å². The second kappa shape index (κ2) is 6.97. The Labute approximate surface area is 131 Å². The average molecular weight is 330 g/mol. The van der Waals surface area contributed by atoms with Gasteiger partial charge in [-0.15, -0.1) is 11.3 Å². The molecule has 0 bridgehead atoms. The first-order valence-electron chi connectivity index (χ1n) is 5.98. The van der Waals surface area contributed by atoms with Crippen LogP contribution in [0.3, 0.4) is 0 Å². The number of halogens is 2. The first-order valence-corrected chi connectivity index (χ1v) is 7.62. The number of hydrogen-bond acceptors (Lipinski definition) is 3. The van der Waals surface area contributed by atoms with E-state index in [0.717, 1.165) is 4.88 Å². The summed E-state index contributed by atoms with van der Waals surface area (Å²) in [7, 11) is 0. The highest BCUT2D eigenvalue weighted by Gasteiger charge is 2.16. The quantitative estimate of drug-likeness (QED) is 0.895. The third-order valence-corrected chi connectivity index (χ3v) is 4.28. The van der Waals surface area contributed by atoms with Crippen LogP contribution in [-0.4, -0.2) is 12.0 Å². The monoisotopic (exact) mass is 329 g/mol. The highest BCUT2D eigenvalue weighted by atomic mass is 35.5. The van der Waals surface area contributed by atoms with Gasteiger partial charge in [-0.1, -0.05) is 35.3 Å². The molecule has 0 aliphatic carbocycles. The summed E-state index contributed by atoms with van der Waals surface area (Å²) in [5, 5.41) is 5.49. The molecular formula is C14H13Cl2NO2S. The number of rotatable bonds is 5. The van der Waals surface area contributed by atoms with Gasteiger partial charge in [0.1, 0.15) is 10.8 Å². The molecule has 6 heteroatoms. The summed E-state index contributed by atoms with van der Waals surface area (Å²) in [4.78, 5) is 13.0. The van der Waals surface area contributed by atoms with E-state index in [2.05, 4.69) is 5.32 Å². The van der Waals surface area contributed by atoms with Crippen LogP contribution in [0.15, 0.2) is 35.7 Å². The van der Waals surface area contributed by atoms with E-state index in [0.29, 0.717) is 22.3 Å². The Bertz CT molecular complexity index is 587. The van der Waals surface area contributed by atoms with Crippen LogP contribution in [0, 0.1) is 0 Å². The minimum absolute atomic E-state index is 0.200. The Kier molecular flexibility index (Phi) is 5.29. The lowest BCUT2D eigenvalue weighted by molar-refractivity contribution is -0.127. The van der Waals surface area contributed by atoms with E-state index in [-0.39, 0.29) is 5.91 Å². The fourth-order valence-corrected chi connectivity index (χ4v) is 2.53. The van der Waals surface area contributed by atoms with Gasteiger partial charge in [-0.2, -0.15) is 0 Å². The molecular weight excluding hydrogens is 317 g/mol. The van der Waals surface area contributed by atoms with Crippen molar-refractivity contribution in [3.05, 3.63) is 50.6 Å². The minimum atomic E-state index is -0.647. The molecule has 0 aliphatic rings. The predicted octanol–water partition coefficient (Wildman–Crippen LogP) is 4.14. The molecule has 1 aromatic carbocycles. The number of amides is 1. The second-order valence-electron chi connectivity index (χ2n) is 4.11. The molecule has 0 aliphatic heterocycles. The maximum Gasteiger partial charge on any atom is 0.261 e. The van der Waals surface area contributed by atoms with Gasteiger partial charge in [0.2, 0.25) is 0 Å². The number of carbonyl (C=O) groups excluding carboxylic acids is 1. The summed E-state index contributed by atoms with van der Waals surface area (Å²) in [5.74, 6) is 0.201. The van der Waals surface area contributed by atoms with Crippen molar-refractivity contribution >= 4 is 40.4 Å². The second-order valence-corrected chi connectivity index (χ2v) is 5.93. The number of ether oxygens (including phenoxy) is 1. The van der Waals surface area contributed by atoms with Crippen molar-refractivity contribution < 1.29 is 9.53 Å². The molecule has 20 heavy (non-hydrogen) atoms. The molecule has 106 valence electrons. The number of thiophene rings is 1. The van der Waals surface area contributed by atoms with Gasteiger partial charge in [-0.3, -0.25) is 4.79 Å². The molecule has 1 N–H and O–H groups in total. The Morgan fingerprint density at radius 2 is 2.15 bits per heavy atom. The average Bonchev–Trinajstić information content (AvgIpc) is 2.94. The number of nitrogens with one attached hydrogen (secondary N) is 1. The molecule has 0 radical (unpaired) electrons. The third-order valence-electron chi connectivity index (χ3n) is 2.61. The van der Waals surface area contributed by atoms with E-state index < -0.39 is 6.10 Å². The van der Waals surface area contributed by atoms with Gasteiger partial charge in [0.05, 0.1) is 11.6 Å². The van der Waals surface area contributed by atoms with Gasteiger partial charge in [-0.25, -0.2) is 0 Å². The van der Waals surface area contributed by atoms with Crippen LogP contribution in [0.2, 0.25) is 10.0 Å². The highest BCUT2D eigenvalue weighted by molar-refractivity contribution is 7.09. The van der Waals surface area contributed by atoms with Crippen LogP contribution in [0.25, 0.3) is 0 Å². The van der Waals surface area contributed by atoms with E-state index in [4.69, 9.17) is 27.9 Å². The van der Waals surface area contributed by atoms with E-state index in [1.54, 1.807) is 36.5 Å². The smallest absolute Gasteiger partial charge is 0.261 e. The standard InChI is InChI=1S/C14H13Cl2NO2S/c1-9(14(18)17-8-10-4-3-7-20-10)19-12-6-2-5-11(15)13(12)16/h2-7,9H,8H2,1H3,(H,17,18)/t9-/m1/s1. The van der Waals surface area contributed by atoms with Crippen LogP contribution < -0.4 is 10.1 Å². The molecule has 0 saturated carbocycles. The lowest BCUT2D eigenvalue weighted by Gasteiger charge is -2.15. The van der Waals surface area contributed by atoms with E-state index >= 15 is 0 Å². The summed E-state index contributed by atoms with van der Waals surface area (Å²) in [6, 6.07) is 8.97. The van der Waals surface area contributed by atoms with Gasteiger partial charge in [-0.05, 0) is 30.5 Å². The van der Waals surface area contributed by atoms with Crippen molar-refractivity contribution in [2.24, 2.45) is 0 Å². The Morgan fingerprint density at radius 1 is 1.35 bits per heavy atom. The summed E-state index contributed by atoms with van der Waals surface area (Å²) in [6.07, 6.45) is -0.647. The largest absolute Gasteiger partial charge is 0.479 e. The van der Waals surface area contributed by atoms with E-state index in [1.165, 1.54) is 0 Å². The Balaban J connectivity index is 1.92. The van der Waals surface area contributed by atoms with Gasteiger partial charge < -0.3 is 10.1 Å². The first-order chi connectivity index (χ1) is 9.58. The first kappa shape index (κ1) is 15.2. The Morgan fingerprint density at radius 3 is 2.85 bits per heavy atom. The van der Waals surface area contributed by atoms with Crippen LogP contribution in [0.5, 0.6) is 5.75 Å². The molecule has 3 nitrogen and oxygen atoms in total. The van der Waals surface area contributed by atoms with E-state index in [9.17, 15) is 4.79 Å². The van der Waals surface area contributed by atoms with Gasteiger partial charge in [0, 0.05) is 4.88 Å². The zero-order valence-electron chi connectivity index (χ0n) is 10.7. The predicted molar refractivity (Wildman–Crippen MR) is 82.7 cm³/mol. The lowest BCUT2D eigenvalue weighted by Crippen LogP contribution is -2.35. The van der Waals surface area contributed by atoms with Crippen molar-refractivity contribution in [3.63, 3.8) is 0 Å². The molecule has 0 spiro atoms. The lowest BCUT2D eigenvalue weighted by atomic mass is 10.3. The normalized spacial score (nSPS) is 11.9. The van der Waals surface area contributed by atoms with Crippen molar-refractivity contribution in [1.29, 1.82) is 0 Å². The molecule has 1 atom stereocenters.